The summed E-state index contributed by atoms with van der Waals surface area (Å²) in [6, 6.07) is 6.40. The van der Waals surface area contributed by atoms with Crippen molar-refractivity contribution in [2.45, 2.75) is 20.0 Å². The third-order valence-electron chi connectivity index (χ3n) is 3.91. The summed E-state index contributed by atoms with van der Waals surface area (Å²) in [4.78, 5) is 0. The van der Waals surface area contributed by atoms with Crippen molar-refractivity contribution >= 4 is 49.8 Å². The van der Waals surface area contributed by atoms with Crippen molar-refractivity contribution in [3.8, 4) is 0 Å². The van der Waals surface area contributed by atoms with Crippen molar-refractivity contribution in [3.05, 3.63) is 68.2 Å². The number of aryl methyl sites for hydroxylation is 1. The van der Waals surface area contributed by atoms with Crippen molar-refractivity contribution < 1.29 is 4.39 Å². The van der Waals surface area contributed by atoms with Gasteiger partial charge in [0.15, 0.2) is 5.82 Å². The van der Waals surface area contributed by atoms with Gasteiger partial charge in [-0.3, -0.25) is 9.36 Å². The summed E-state index contributed by atoms with van der Waals surface area (Å²) in [5.74, 6) is 0.236. The second kappa shape index (κ2) is 7.98. The van der Waals surface area contributed by atoms with Gasteiger partial charge in [0.25, 0.3) is 0 Å². The van der Waals surface area contributed by atoms with E-state index in [1.54, 1.807) is 33.8 Å². The van der Waals surface area contributed by atoms with E-state index in [9.17, 15) is 4.39 Å². The Morgan fingerprint density at radius 3 is 2.79 bits per heavy atom. The Balaban J connectivity index is 1.42. The van der Waals surface area contributed by atoms with Crippen LogP contribution in [0.3, 0.4) is 0 Å². The zero-order valence-electron chi connectivity index (χ0n) is 14.6. The third-order valence-corrected chi connectivity index (χ3v) is 5.86. The number of halogens is 3. The molecule has 0 radical (unpaired) electrons. The summed E-state index contributed by atoms with van der Waals surface area (Å²) < 4.78 is 18.3. The van der Waals surface area contributed by atoms with Gasteiger partial charge in [-0.15, -0.1) is 10.2 Å². The minimum atomic E-state index is -0.355. The van der Waals surface area contributed by atoms with Crippen LogP contribution in [-0.2, 0) is 13.1 Å². The Bertz CT molecular complexity index is 1080. The van der Waals surface area contributed by atoms with Crippen LogP contribution in [0.4, 0.5) is 15.3 Å². The van der Waals surface area contributed by atoms with Gasteiger partial charge in [-0.2, -0.15) is 10.2 Å². The molecule has 0 saturated heterocycles. The molecule has 0 spiro atoms. The molecule has 0 amide bonds. The van der Waals surface area contributed by atoms with E-state index in [1.807, 2.05) is 13.1 Å². The lowest BCUT2D eigenvalue weighted by atomic mass is 10.2. The average molecular weight is 483 g/mol. The summed E-state index contributed by atoms with van der Waals surface area (Å²) in [7, 11) is 0. The van der Waals surface area contributed by atoms with Gasteiger partial charge in [-0.05, 0) is 35.0 Å². The molecule has 1 aromatic carbocycles. The number of anilines is 2. The summed E-state index contributed by atoms with van der Waals surface area (Å²) in [6.07, 6.45) is 3.65. The zero-order chi connectivity index (χ0) is 19.7. The first-order valence-corrected chi connectivity index (χ1v) is 10.2. The molecule has 0 aliphatic carbocycles. The predicted molar refractivity (Wildman–Crippen MR) is 110 cm³/mol. The second-order valence-electron chi connectivity index (χ2n) is 5.98. The fourth-order valence-electron chi connectivity index (χ4n) is 2.55. The SMILES string of the molecule is Cc1nn(Cc2nnc(Nc3ccn(Cc4c(F)cccc4Cl)n3)s2)cc1Br. The van der Waals surface area contributed by atoms with Crippen LogP contribution in [0.2, 0.25) is 5.02 Å². The molecule has 0 saturated carbocycles. The Morgan fingerprint density at radius 1 is 1.18 bits per heavy atom. The van der Waals surface area contributed by atoms with Crippen LogP contribution in [-0.4, -0.2) is 29.8 Å². The lowest BCUT2D eigenvalue weighted by molar-refractivity contribution is 0.586. The largest absolute Gasteiger partial charge is 0.313 e. The maximum atomic E-state index is 13.9. The molecular formula is C17H14BrClFN7S. The monoisotopic (exact) mass is 481 g/mol. The van der Waals surface area contributed by atoms with Crippen LogP contribution in [0.1, 0.15) is 16.3 Å². The number of nitrogens with zero attached hydrogens (tertiary/aromatic N) is 6. The molecule has 3 aromatic heterocycles. The highest BCUT2D eigenvalue weighted by molar-refractivity contribution is 9.10. The molecule has 0 atom stereocenters. The van der Waals surface area contributed by atoms with Crippen LogP contribution in [0, 0.1) is 12.7 Å². The quantitative estimate of drug-likeness (QED) is 0.434. The van der Waals surface area contributed by atoms with E-state index < -0.39 is 0 Å². The molecule has 144 valence electrons. The van der Waals surface area contributed by atoms with E-state index in [4.69, 9.17) is 11.6 Å². The molecule has 0 unspecified atom stereocenters. The number of hydrogen-bond acceptors (Lipinski definition) is 6. The number of aromatic nitrogens is 6. The molecule has 3 heterocycles. The highest BCUT2D eigenvalue weighted by Gasteiger charge is 2.11. The summed E-state index contributed by atoms with van der Waals surface area (Å²) in [5, 5.41) is 22.0. The molecule has 0 aliphatic heterocycles. The van der Waals surface area contributed by atoms with Gasteiger partial charge in [0.2, 0.25) is 5.13 Å². The number of hydrogen-bond donors (Lipinski definition) is 1. The van der Waals surface area contributed by atoms with Gasteiger partial charge in [-0.25, -0.2) is 4.39 Å². The van der Waals surface area contributed by atoms with Crippen molar-refractivity contribution in [3.63, 3.8) is 0 Å². The molecule has 0 aliphatic rings. The van der Waals surface area contributed by atoms with Crippen LogP contribution in [0.15, 0.2) is 41.1 Å². The predicted octanol–water partition coefficient (Wildman–Crippen LogP) is 4.63. The van der Waals surface area contributed by atoms with E-state index in [2.05, 4.69) is 41.6 Å². The van der Waals surface area contributed by atoms with Crippen LogP contribution >= 0.6 is 38.9 Å². The molecule has 7 nitrogen and oxygen atoms in total. The minimum absolute atomic E-state index is 0.238. The average Bonchev–Trinajstić information content (AvgIpc) is 3.35. The Labute approximate surface area is 177 Å². The van der Waals surface area contributed by atoms with Gasteiger partial charge in [0.05, 0.1) is 23.3 Å². The molecule has 1 N–H and O–H groups in total. The number of rotatable bonds is 6. The molecular weight excluding hydrogens is 469 g/mol. The standard InChI is InChI=1S/C17H14BrClFN7S/c1-10-12(18)8-27(24-10)9-16-22-23-17(28-16)21-15-5-6-26(25-15)7-11-13(19)3-2-4-14(11)20/h2-6,8H,7,9H2,1H3,(H,21,23,25). The van der Waals surface area contributed by atoms with E-state index >= 15 is 0 Å². The van der Waals surface area contributed by atoms with E-state index in [0.29, 0.717) is 28.1 Å². The first kappa shape index (κ1) is 19.0. The smallest absolute Gasteiger partial charge is 0.211 e. The normalized spacial score (nSPS) is 11.1. The summed E-state index contributed by atoms with van der Waals surface area (Å²) in [5.41, 5.74) is 1.32. The van der Waals surface area contributed by atoms with Gasteiger partial charge < -0.3 is 5.32 Å². The number of benzene rings is 1. The summed E-state index contributed by atoms with van der Waals surface area (Å²) in [6.45, 7) is 2.70. The third kappa shape index (κ3) is 4.23. The van der Waals surface area contributed by atoms with Crippen molar-refractivity contribution in [2.24, 2.45) is 0 Å². The van der Waals surface area contributed by atoms with E-state index in [-0.39, 0.29) is 12.4 Å². The Morgan fingerprint density at radius 2 is 2.04 bits per heavy atom. The number of nitrogens with one attached hydrogen (secondary N) is 1. The van der Waals surface area contributed by atoms with E-state index in [0.717, 1.165) is 15.2 Å². The van der Waals surface area contributed by atoms with Crippen LogP contribution < -0.4 is 5.32 Å². The highest BCUT2D eigenvalue weighted by atomic mass is 79.9. The molecule has 4 aromatic rings. The fraction of sp³-hybridized carbons (Fsp3) is 0.176. The molecule has 11 heteroatoms. The Hall–Kier alpha value is -2.30. The molecule has 4 rings (SSSR count). The maximum absolute atomic E-state index is 13.9. The van der Waals surface area contributed by atoms with Gasteiger partial charge in [0.1, 0.15) is 10.8 Å². The highest BCUT2D eigenvalue weighted by Crippen LogP contribution is 2.23. The van der Waals surface area contributed by atoms with Crippen LogP contribution in [0.25, 0.3) is 0 Å². The van der Waals surface area contributed by atoms with Crippen molar-refractivity contribution in [1.29, 1.82) is 0 Å². The maximum Gasteiger partial charge on any atom is 0.211 e. The Kier molecular flexibility index (Phi) is 5.42. The topological polar surface area (TPSA) is 73.5 Å². The van der Waals surface area contributed by atoms with Gasteiger partial charge >= 0.3 is 0 Å². The first-order valence-electron chi connectivity index (χ1n) is 8.23. The first-order chi connectivity index (χ1) is 13.5. The van der Waals surface area contributed by atoms with Crippen molar-refractivity contribution in [2.75, 3.05) is 5.32 Å². The second-order valence-corrected chi connectivity index (χ2v) is 8.31. The van der Waals surface area contributed by atoms with Gasteiger partial charge in [0, 0.05) is 29.0 Å². The van der Waals surface area contributed by atoms with Crippen LogP contribution in [0.5, 0.6) is 0 Å². The minimum Gasteiger partial charge on any atom is -0.313 e. The fourth-order valence-corrected chi connectivity index (χ4v) is 3.83. The lowest BCUT2D eigenvalue weighted by Crippen LogP contribution is -2.04. The summed E-state index contributed by atoms with van der Waals surface area (Å²) >= 11 is 10.9. The molecule has 28 heavy (non-hydrogen) atoms. The van der Waals surface area contributed by atoms with Crippen molar-refractivity contribution in [1.82, 2.24) is 29.8 Å². The molecule has 0 bridgehead atoms. The zero-order valence-corrected chi connectivity index (χ0v) is 17.8. The molecule has 0 fully saturated rings. The van der Waals surface area contributed by atoms with Gasteiger partial charge in [-0.1, -0.05) is 29.0 Å². The lowest BCUT2D eigenvalue weighted by Gasteiger charge is -2.05. The van der Waals surface area contributed by atoms with E-state index in [1.165, 1.54) is 17.4 Å².